The molecule has 1 aromatic carbocycles. The lowest BCUT2D eigenvalue weighted by Gasteiger charge is -2.04. The second-order valence-corrected chi connectivity index (χ2v) is 2.60. The van der Waals surface area contributed by atoms with E-state index in [2.05, 4.69) is 0 Å². The number of aromatic hydroxyl groups is 2. The Kier molecular flexibility index (Phi) is 2.94. The lowest BCUT2D eigenvalue weighted by Crippen LogP contribution is -1.90. The van der Waals surface area contributed by atoms with E-state index in [9.17, 15) is 10.2 Å². The summed E-state index contributed by atoms with van der Waals surface area (Å²) < 4.78 is 0. The number of benzene rings is 1. The number of aliphatic hydroxyl groups is 1. The van der Waals surface area contributed by atoms with E-state index in [1.807, 2.05) is 0 Å². The Morgan fingerprint density at radius 1 is 1.08 bits per heavy atom. The SMILES string of the molecule is OCCCc1c(O)cccc1O. The first-order valence-corrected chi connectivity index (χ1v) is 3.86. The van der Waals surface area contributed by atoms with Gasteiger partial charge in [0.05, 0.1) is 0 Å². The second kappa shape index (κ2) is 3.97. The van der Waals surface area contributed by atoms with Gasteiger partial charge in [0.1, 0.15) is 11.5 Å². The van der Waals surface area contributed by atoms with Crippen LogP contribution in [-0.2, 0) is 6.42 Å². The van der Waals surface area contributed by atoms with E-state index in [1.165, 1.54) is 12.1 Å². The van der Waals surface area contributed by atoms with E-state index in [0.29, 0.717) is 18.4 Å². The molecule has 0 aromatic heterocycles. The average Bonchev–Trinajstić information content (AvgIpc) is 2.04. The number of rotatable bonds is 3. The molecule has 12 heavy (non-hydrogen) atoms. The van der Waals surface area contributed by atoms with Crippen LogP contribution in [-0.4, -0.2) is 21.9 Å². The molecular formula is C9H12O3. The molecule has 0 spiro atoms. The fraction of sp³-hybridized carbons (Fsp3) is 0.333. The van der Waals surface area contributed by atoms with Crippen LogP contribution in [0.2, 0.25) is 0 Å². The second-order valence-electron chi connectivity index (χ2n) is 2.60. The summed E-state index contributed by atoms with van der Waals surface area (Å²) in [5, 5.41) is 27.1. The minimum Gasteiger partial charge on any atom is -0.508 e. The molecule has 0 fully saturated rings. The molecule has 0 amide bonds. The number of phenols is 2. The van der Waals surface area contributed by atoms with Gasteiger partial charge >= 0.3 is 0 Å². The summed E-state index contributed by atoms with van der Waals surface area (Å²) in [5.41, 5.74) is 0.506. The molecule has 3 nitrogen and oxygen atoms in total. The smallest absolute Gasteiger partial charge is 0.122 e. The first-order valence-electron chi connectivity index (χ1n) is 3.86. The maximum absolute atomic E-state index is 9.28. The highest BCUT2D eigenvalue weighted by atomic mass is 16.3. The topological polar surface area (TPSA) is 60.7 Å². The summed E-state index contributed by atoms with van der Waals surface area (Å²) >= 11 is 0. The van der Waals surface area contributed by atoms with Crippen LogP contribution in [0.4, 0.5) is 0 Å². The molecule has 0 saturated heterocycles. The highest BCUT2D eigenvalue weighted by Crippen LogP contribution is 2.27. The van der Waals surface area contributed by atoms with Crippen molar-refractivity contribution < 1.29 is 15.3 Å². The minimum absolute atomic E-state index is 0.0633. The highest BCUT2D eigenvalue weighted by molar-refractivity contribution is 5.42. The van der Waals surface area contributed by atoms with Crippen LogP contribution in [0.1, 0.15) is 12.0 Å². The summed E-state index contributed by atoms with van der Waals surface area (Å²) in [5.74, 6) is 0.173. The first-order chi connectivity index (χ1) is 5.75. The van der Waals surface area contributed by atoms with Gasteiger partial charge in [-0.15, -0.1) is 0 Å². The Balaban J connectivity index is 2.81. The lowest BCUT2D eigenvalue weighted by molar-refractivity contribution is 0.287. The summed E-state index contributed by atoms with van der Waals surface area (Å²) in [4.78, 5) is 0. The Bertz CT molecular complexity index is 238. The number of phenolic OH excluding ortho intramolecular Hbond substituents is 2. The lowest BCUT2D eigenvalue weighted by atomic mass is 10.1. The summed E-state index contributed by atoms with van der Waals surface area (Å²) in [6, 6.07) is 4.62. The number of aliphatic hydroxyl groups excluding tert-OH is 1. The van der Waals surface area contributed by atoms with E-state index in [-0.39, 0.29) is 18.1 Å². The molecule has 0 aliphatic heterocycles. The van der Waals surface area contributed by atoms with Crippen LogP contribution >= 0.6 is 0 Å². The Morgan fingerprint density at radius 3 is 2.17 bits per heavy atom. The summed E-state index contributed by atoms with van der Waals surface area (Å²) in [6.45, 7) is 0.0633. The fourth-order valence-corrected chi connectivity index (χ4v) is 1.07. The molecule has 0 aliphatic carbocycles. The molecule has 0 atom stereocenters. The number of hydrogen-bond acceptors (Lipinski definition) is 3. The van der Waals surface area contributed by atoms with Crippen LogP contribution in [0, 0.1) is 0 Å². The van der Waals surface area contributed by atoms with Crippen molar-refractivity contribution in [3.05, 3.63) is 23.8 Å². The zero-order valence-corrected chi connectivity index (χ0v) is 6.70. The third kappa shape index (κ3) is 1.89. The molecule has 66 valence electrons. The van der Waals surface area contributed by atoms with E-state index in [1.54, 1.807) is 6.07 Å². The van der Waals surface area contributed by atoms with Gasteiger partial charge in [-0.2, -0.15) is 0 Å². The van der Waals surface area contributed by atoms with E-state index in [4.69, 9.17) is 5.11 Å². The van der Waals surface area contributed by atoms with Gasteiger partial charge in [0.2, 0.25) is 0 Å². The van der Waals surface area contributed by atoms with Gasteiger partial charge in [0, 0.05) is 12.2 Å². The van der Waals surface area contributed by atoms with Crippen LogP contribution < -0.4 is 0 Å². The quantitative estimate of drug-likeness (QED) is 0.631. The highest BCUT2D eigenvalue weighted by Gasteiger charge is 2.04. The van der Waals surface area contributed by atoms with E-state index in [0.717, 1.165) is 0 Å². The van der Waals surface area contributed by atoms with Gasteiger partial charge in [-0.1, -0.05) is 6.07 Å². The van der Waals surface area contributed by atoms with Gasteiger partial charge in [-0.25, -0.2) is 0 Å². The normalized spacial score (nSPS) is 10.1. The molecule has 3 N–H and O–H groups in total. The third-order valence-electron chi connectivity index (χ3n) is 1.71. The first kappa shape index (κ1) is 8.87. The minimum atomic E-state index is 0.0633. The van der Waals surface area contributed by atoms with E-state index < -0.39 is 0 Å². The Morgan fingerprint density at radius 2 is 1.67 bits per heavy atom. The molecule has 0 unspecified atom stereocenters. The predicted molar refractivity (Wildman–Crippen MR) is 45.2 cm³/mol. The molecule has 0 bridgehead atoms. The molecule has 0 radical (unpaired) electrons. The molecule has 0 heterocycles. The van der Waals surface area contributed by atoms with Crippen molar-refractivity contribution in [3.8, 4) is 11.5 Å². The van der Waals surface area contributed by atoms with Crippen molar-refractivity contribution >= 4 is 0 Å². The molecule has 0 saturated carbocycles. The predicted octanol–water partition coefficient (Wildman–Crippen LogP) is 1.02. The zero-order valence-electron chi connectivity index (χ0n) is 6.70. The maximum atomic E-state index is 9.28. The van der Waals surface area contributed by atoms with Crippen LogP contribution in [0.3, 0.4) is 0 Å². The van der Waals surface area contributed by atoms with Gasteiger partial charge in [-0.05, 0) is 25.0 Å². The van der Waals surface area contributed by atoms with Gasteiger partial charge in [-0.3, -0.25) is 0 Å². The third-order valence-corrected chi connectivity index (χ3v) is 1.71. The van der Waals surface area contributed by atoms with Crippen molar-refractivity contribution in [2.75, 3.05) is 6.61 Å². The van der Waals surface area contributed by atoms with Crippen LogP contribution in [0.5, 0.6) is 11.5 Å². The number of hydrogen-bond donors (Lipinski definition) is 3. The monoisotopic (exact) mass is 168 g/mol. The van der Waals surface area contributed by atoms with Gasteiger partial charge in [0.15, 0.2) is 0 Å². The molecule has 0 aliphatic rings. The molecule has 3 heteroatoms. The van der Waals surface area contributed by atoms with Crippen molar-refractivity contribution in [2.45, 2.75) is 12.8 Å². The molecule has 1 aromatic rings. The summed E-state index contributed by atoms with van der Waals surface area (Å²) in [7, 11) is 0. The van der Waals surface area contributed by atoms with Crippen molar-refractivity contribution in [2.24, 2.45) is 0 Å². The van der Waals surface area contributed by atoms with E-state index >= 15 is 0 Å². The largest absolute Gasteiger partial charge is 0.508 e. The average molecular weight is 168 g/mol. The van der Waals surface area contributed by atoms with Crippen LogP contribution in [0.25, 0.3) is 0 Å². The van der Waals surface area contributed by atoms with Gasteiger partial charge < -0.3 is 15.3 Å². The molecular weight excluding hydrogens is 156 g/mol. The molecule has 1 rings (SSSR count). The van der Waals surface area contributed by atoms with Crippen molar-refractivity contribution in [1.82, 2.24) is 0 Å². The Labute approximate surface area is 70.9 Å². The fourth-order valence-electron chi connectivity index (χ4n) is 1.07. The Hall–Kier alpha value is -1.22. The summed E-state index contributed by atoms with van der Waals surface area (Å²) in [6.07, 6.45) is 1.04. The zero-order chi connectivity index (χ0) is 8.97. The van der Waals surface area contributed by atoms with Crippen molar-refractivity contribution in [1.29, 1.82) is 0 Å². The van der Waals surface area contributed by atoms with Gasteiger partial charge in [0.25, 0.3) is 0 Å². The van der Waals surface area contributed by atoms with Crippen LogP contribution in [0.15, 0.2) is 18.2 Å². The standard InChI is InChI=1S/C9H12O3/c10-6-2-3-7-8(11)4-1-5-9(7)12/h1,4-5,10-12H,2-3,6H2. The maximum Gasteiger partial charge on any atom is 0.122 e. The van der Waals surface area contributed by atoms with Crippen molar-refractivity contribution in [3.63, 3.8) is 0 Å².